The van der Waals surface area contributed by atoms with E-state index in [-0.39, 0.29) is 25.1 Å². The quantitative estimate of drug-likeness (QED) is 0.522. The summed E-state index contributed by atoms with van der Waals surface area (Å²) in [6, 6.07) is 4.92. The number of halogens is 1. The van der Waals surface area contributed by atoms with Crippen LogP contribution in [0.3, 0.4) is 0 Å². The Morgan fingerprint density at radius 3 is 2.60 bits per heavy atom. The van der Waals surface area contributed by atoms with Gasteiger partial charge in [-0.2, -0.15) is 0 Å². The van der Waals surface area contributed by atoms with Crippen molar-refractivity contribution in [3.05, 3.63) is 57.5 Å². The summed E-state index contributed by atoms with van der Waals surface area (Å²) in [7, 11) is 2.74. The zero-order chi connectivity index (χ0) is 25.5. The molecule has 0 spiro atoms. The monoisotopic (exact) mass is 487 g/mol. The maximum atomic E-state index is 13.3. The van der Waals surface area contributed by atoms with E-state index in [1.54, 1.807) is 6.92 Å². The molecule has 1 aromatic carbocycles. The minimum atomic E-state index is -1.32. The lowest BCUT2D eigenvalue weighted by atomic mass is 9.88. The first-order valence-electron chi connectivity index (χ1n) is 11.1. The van der Waals surface area contributed by atoms with Gasteiger partial charge in [-0.05, 0) is 37.5 Å². The van der Waals surface area contributed by atoms with E-state index in [4.69, 9.17) is 4.74 Å². The number of aromatic hydroxyl groups is 1. The lowest BCUT2D eigenvalue weighted by Gasteiger charge is -2.42. The largest absolute Gasteiger partial charge is 0.501 e. The summed E-state index contributed by atoms with van der Waals surface area (Å²) in [4.78, 5) is 56.7. The maximum absolute atomic E-state index is 13.3. The fraction of sp³-hybridized carbons (Fsp3) is 0.435. The highest BCUT2D eigenvalue weighted by Gasteiger charge is 2.52. The van der Waals surface area contributed by atoms with Crippen molar-refractivity contribution in [3.8, 4) is 5.75 Å². The molecule has 0 saturated carbocycles. The molecule has 2 aromatic rings. The van der Waals surface area contributed by atoms with Gasteiger partial charge in [0.25, 0.3) is 11.5 Å². The second kappa shape index (κ2) is 9.10. The molecular formula is C23H26FN5O6. The van der Waals surface area contributed by atoms with Gasteiger partial charge < -0.3 is 25.4 Å². The number of fused-ring (bicyclic) bond motifs is 2. The van der Waals surface area contributed by atoms with Gasteiger partial charge in [0.05, 0.1) is 18.8 Å². The second-order valence-corrected chi connectivity index (χ2v) is 8.72. The first kappa shape index (κ1) is 24.3. The Kier molecular flexibility index (Phi) is 6.32. The van der Waals surface area contributed by atoms with Crippen LogP contribution in [0.4, 0.5) is 4.39 Å². The van der Waals surface area contributed by atoms with E-state index in [9.17, 15) is 28.7 Å². The topological polar surface area (TPSA) is 143 Å². The molecule has 4 heterocycles. The predicted octanol–water partition coefficient (Wildman–Crippen LogP) is 0.171. The van der Waals surface area contributed by atoms with Gasteiger partial charge in [-0.3, -0.25) is 23.7 Å². The molecule has 3 N–H and O–H groups in total. The summed E-state index contributed by atoms with van der Waals surface area (Å²) in [6.45, 7) is 1.68. The number of ether oxygens (including phenoxy) is 1. The number of nitrogens with zero attached hydrogens (tertiary/aromatic N) is 3. The van der Waals surface area contributed by atoms with E-state index < -0.39 is 52.1 Å². The number of nitrogens with one attached hydrogen (secondary N) is 2. The van der Waals surface area contributed by atoms with Crippen molar-refractivity contribution in [2.75, 3.05) is 20.7 Å². The Hall–Kier alpha value is -3.80. The average Bonchev–Trinajstić information content (AvgIpc) is 3.06. The van der Waals surface area contributed by atoms with Crippen LogP contribution >= 0.6 is 0 Å². The number of carbonyl (C=O) groups is 3. The van der Waals surface area contributed by atoms with Crippen LogP contribution in [0.25, 0.3) is 0 Å². The molecule has 1 aromatic heterocycles. The van der Waals surface area contributed by atoms with Crippen molar-refractivity contribution in [2.24, 2.45) is 0 Å². The van der Waals surface area contributed by atoms with Crippen LogP contribution in [0.1, 0.15) is 47.7 Å². The third-order valence-electron chi connectivity index (χ3n) is 6.78. The minimum Gasteiger partial charge on any atom is -0.501 e. The molecule has 1 fully saturated rings. The van der Waals surface area contributed by atoms with E-state index in [0.29, 0.717) is 18.4 Å². The highest BCUT2D eigenvalue weighted by molar-refractivity contribution is 6.35. The van der Waals surface area contributed by atoms with Gasteiger partial charge in [-0.15, -0.1) is 0 Å². The zero-order valence-electron chi connectivity index (χ0n) is 19.5. The van der Waals surface area contributed by atoms with Crippen LogP contribution in [0, 0.1) is 5.82 Å². The van der Waals surface area contributed by atoms with Crippen LogP contribution in [-0.2, 0) is 26.4 Å². The number of likely N-dealkylation sites (N-methyl/N-ethyl adjacent to an activating group) is 2. The molecule has 3 atom stereocenters. The summed E-state index contributed by atoms with van der Waals surface area (Å²) < 4.78 is 20.3. The first-order chi connectivity index (χ1) is 16.6. The van der Waals surface area contributed by atoms with Gasteiger partial charge in [-0.25, -0.2) is 9.37 Å². The molecule has 3 aliphatic rings. The van der Waals surface area contributed by atoms with Crippen molar-refractivity contribution in [3.63, 3.8) is 0 Å². The van der Waals surface area contributed by atoms with Gasteiger partial charge in [0.2, 0.25) is 5.75 Å². The van der Waals surface area contributed by atoms with Crippen molar-refractivity contribution >= 4 is 17.7 Å². The first-order valence-corrected chi connectivity index (χ1v) is 11.1. The SMILES string of the molecule is CNC(=O)C(=O)N(C)C12CCC(OC1)C(C)n1c2nc(C(=O)NCc2ccc(F)cc2)c(O)c1=O. The average molecular weight is 487 g/mol. The number of hydrogen-bond acceptors (Lipinski definition) is 7. The third-order valence-corrected chi connectivity index (χ3v) is 6.78. The number of amides is 3. The highest BCUT2D eigenvalue weighted by Crippen LogP contribution is 2.43. The van der Waals surface area contributed by atoms with Crippen molar-refractivity contribution in [1.82, 2.24) is 25.1 Å². The molecule has 3 aliphatic heterocycles. The molecule has 35 heavy (non-hydrogen) atoms. The van der Waals surface area contributed by atoms with Gasteiger partial charge in [0.1, 0.15) is 17.2 Å². The van der Waals surface area contributed by atoms with Crippen LogP contribution in [-0.4, -0.2) is 64.1 Å². The maximum Gasteiger partial charge on any atom is 0.312 e. The van der Waals surface area contributed by atoms with Crippen LogP contribution in [0.15, 0.2) is 29.1 Å². The van der Waals surface area contributed by atoms with E-state index >= 15 is 0 Å². The Balaban J connectivity index is 1.78. The second-order valence-electron chi connectivity index (χ2n) is 8.72. The van der Waals surface area contributed by atoms with E-state index in [2.05, 4.69) is 15.6 Å². The number of aromatic nitrogens is 2. The fourth-order valence-electron chi connectivity index (χ4n) is 4.63. The fourth-order valence-corrected chi connectivity index (χ4v) is 4.63. The van der Waals surface area contributed by atoms with Gasteiger partial charge in [0, 0.05) is 20.6 Å². The normalized spacial score (nSPS) is 22.6. The molecule has 3 amide bonds. The third kappa shape index (κ3) is 4.03. The van der Waals surface area contributed by atoms with Crippen LogP contribution in [0.2, 0.25) is 0 Å². The molecule has 11 nitrogen and oxygen atoms in total. The molecule has 12 heteroatoms. The summed E-state index contributed by atoms with van der Waals surface area (Å²) in [5, 5.41) is 15.5. The molecule has 3 unspecified atom stereocenters. The number of rotatable bonds is 4. The van der Waals surface area contributed by atoms with Crippen molar-refractivity contribution < 1.29 is 28.6 Å². The molecular weight excluding hydrogens is 461 g/mol. The van der Waals surface area contributed by atoms with Crippen LogP contribution in [0.5, 0.6) is 5.75 Å². The Labute approximate surface area is 199 Å². The van der Waals surface area contributed by atoms with Crippen molar-refractivity contribution in [2.45, 2.75) is 44.0 Å². The lowest BCUT2D eigenvalue weighted by molar-refractivity contribution is -0.155. The summed E-state index contributed by atoms with van der Waals surface area (Å²) >= 11 is 0. The zero-order valence-corrected chi connectivity index (χ0v) is 19.5. The summed E-state index contributed by atoms with van der Waals surface area (Å²) in [5.74, 6) is -3.75. The highest BCUT2D eigenvalue weighted by atomic mass is 19.1. The Morgan fingerprint density at radius 1 is 1.31 bits per heavy atom. The summed E-state index contributed by atoms with van der Waals surface area (Å²) in [5.41, 5.74) is -2.08. The number of benzene rings is 1. The van der Waals surface area contributed by atoms with E-state index in [1.165, 1.54) is 47.8 Å². The van der Waals surface area contributed by atoms with E-state index in [1.807, 2.05) is 0 Å². The number of hydrogen-bond donors (Lipinski definition) is 3. The summed E-state index contributed by atoms with van der Waals surface area (Å²) in [6.07, 6.45) is 0.405. The van der Waals surface area contributed by atoms with Gasteiger partial charge in [0.15, 0.2) is 5.69 Å². The molecule has 186 valence electrons. The molecule has 0 aliphatic carbocycles. The van der Waals surface area contributed by atoms with Crippen molar-refractivity contribution in [1.29, 1.82) is 0 Å². The Bertz CT molecular complexity index is 1240. The predicted molar refractivity (Wildman–Crippen MR) is 120 cm³/mol. The lowest BCUT2D eigenvalue weighted by Crippen LogP contribution is -2.56. The van der Waals surface area contributed by atoms with Crippen LogP contribution < -0.4 is 16.2 Å². The molecule has 0 radical (unpaired) electrons. The smallest absolute Gasteiger partial charge is 0.312 e. The Morgan fingerprint density at radius 2 is 2.00 bits per heavy atom. The molecule has 1 saturated heterocycles. The van der Waals surface area contributed by atoms with E-state index in [0.717, 1.165) is 0 Å². The molecule has 2 bridgehead atoms. The molecule has 5 rings (SSSR count). The number of carbonyl (C=O) groups excluding carboxylic acids is 3. The van der Waals surface area contributed by atoms with Gasteiger partial charge in [-0.1, -0.05) is 12.1 Å². The standard InChI is InChI=1S/C23H26FN5O6/c1-12-15-8-9-23(11-35-15,28(3)21(34)19(32)25-2)22-27-16(17(30)20(33)29(12)22)18(31)26-10-13-4-6-14(24)7-5-13/h4-7,12,15,30H,8-11H2,1-3H3,(H,25,32)(H,26,31). The minimum absolute atomic E-state index is 0.000439. The van der Waals surface area contributed by atoms with Gasteiger partial charge >= 0.3 is 11.8 Å².